The summed E-state index contributed by atoms with van der Waals surface area (Å²) in [6.45, 7) is 7.04. The van der Waals surface area contributed by atoms with Crippen molar-refractivity contribution in [3.05, 3.63) is 0 Å². The number of hydrogen-bond acceptors (Lipinski definition) is 2. The highest BCUT2D eigenvalue weighted by atomic mass is 16.4. The number of amides is 1. The fourth-order valence-electron chi connectivity index (χ4n) is 2.24. The Morgan fingerprint density at radius 1 is 1.35 bits per heavy atom. The first-order chi connectivity index (χ1) is 7.81. The zero-order valence-electron chi connectivity index (χ0n) is 11.0. The summed E-state index contributed by atoms with van der Waals surface area (Å²) in [6, 6.07) is -0.586. The van der Waals surface area contributed by atoms with Crippen LogP contribution in [0.4, 0.5) is 0 Å². The van der Waals surface area contributed by atoms with Crippen LogP contribution in [0.25, 0.3) is 0 Å². The number of aliphatic carboxylic acids is 1. The van der Waals surface area contributed by atoms with Crippen LogP contribution in [0.5, 0.6) is 0 Å². The molecule has 0 bridgehead atoms. The van der Waals surface area contributed by atoms with Gasteiger partial charge in [0.25, 0.3) is 0 Å². The molecule has 98 valence electrons. The molecule has 1 rings (SSSR count). The van der Waals surface area contributed by atoms with Gasteiger partial charge >= 0.3 is 5.97 Å². The summed E-state index contributed by atoms with van der Waals surface area (Å²) in [6.07, 6.45) is 3.71. The first-order valence-corrected chi connectivity index (χ1v) is 6.33. The maximum absolute atomic E-state index is 11.9. The predicted octanol–water partition coefficient (Wildman–Crippen LogP) is 2.28. The largest absolute Gasteiger partial charge is 0.480 e. The third-order valence-electron chi connectivity index (χ3n) is 3.18. The normalized spacial score (nSPS) is 20.6. The van der Waals surface area contributed by atoms with Crippen molar-refractivity contribution in [2.45, 2.75) is 58.9 Å². The Hall–Kier alpha value is -1.06. The smallest absolute Gasteiger partial charge is 0.326 e. The second kappa shape index (κ2) is 5.52. The summed E-state index contributed by atoms with van der Waals surface area (Å²) in [5, 5.41) is 8.99. The molecule has 0 radical (unpaired) electrons. The number of carbonyl (C=O) groups is 2. The maximum atomic E-state index is 11.9. The standard InChI is InChI=1S/C13H23NO3/c1-13(2,3)8-4-7-11(15)14-9-5-6-10(14)12(16)17/h10H,4-9H2,1-3H3,(H,16,17)/t10-/m1/s1. The van der Waals surface area contributed by atoms with Crippen LogP contribution in [0.1, 0.15) is 52.9 Å². The fourth-order valence-corrected chi connectivity index (χ4v) is 2.24. The number of likely N-dealkylation sites (tertiary alicyclic amines) is 1. The molecule has 4 nitrogen and oxygen atoms in total. The second-order valence-corrected chi connectivity index (χ2v) is 6.00. The summed E-state index contributed by atoms with van der Waals surface area (Å²) in [5.41, 5.74) is 0.234. The van der Waals surface area contributed by atoms with E-state index in [1.54, 1.807) is 0 Å². The van der Waals surface area contributed by atoms with Crippen molar-refractivity contribution >= 4 is 11.9 Å². The summed E-state index contributed by atoms with van der Waals surface area (Å²) in [7, 11) is 0. The molecule has 4 heteroatoms. The second-order valence-electron chi connectivity index (χ2n) is 6.00. The van der Waals surface area contributed by atoms with Gasteiger partial charge in [-0.25, -0.2) is 4.79 Å². The summed E-state index contributed by atoms with van der Waals surface area (Å²) >= 11 is 0. The average molecular weight is 241 g/mol. The lowest BCUT2D eigenvalue weighted by molar-refractivity contribution is -0.148. The molecule has 1 amide bonds. The molecule has 1 heterocycles. The van der Waals surface area contributed by atoms with E-state index in [1.165, 1.54) is 4.90 Å². The number of carboxylic acids is 1. The minimum atomic E-state index is -0.869. The molecule has 1 aliphatic heterocycles. The summed E-state index contributed by atoms with van der Waals surface area (Å²) in [4.78, 5) is 24.4. The van der Waals surface area contributed by atoms with Crippen LogP contribution in [0.2, 0.25) is 0 Å². The minimum absolute atomic E-state index is 0.000787. The van der Waals surface area contributed by atoms with Gasteiger partial charge in [0.05, 0.1) is 0 Å². The van der Waals surface area contributed by atoms with Crippen LogP contribution in [0, 0.1) is 5.41 Å². The molecule has 0 aliphatic carbocycles. The Labute approximate surface area is 103 Å². The third kappa shape index (κ3) is 4.36. The van der Waals surface area contributed by atoms with Crippen LogP contribution in [0.15, 0.2) is 0 Å². The molecule has 0 aromatic heterocycles. The van der Waals surface area contributed by atoms with Crippen molar-refractivity contribution in [2.75, 3.05) is 6.54 Å². The highest BCUT2D eigenvalue weighted by Crippen LogP contribution is 2.23. The molecule has 0 aromatic rings. The quantitative estimate of drug-likeness (QED) is 0.821. The Balaban J connectivity index is 2.40. The van der Waals surface area contributed by atoms with Crippen molar-refractivity contribution in [3.63, 3.8) is 0 Å². The van der Waals surface area contributed by atoms with Crippen LogP contribution in [-0.4, -0.2) is 34.5 Å². The number of carboxylic acid groups (broad SMARTS) is 1. The predicted molar refractivity (Wildman–Crippen MR) is 65.7 cm³/mol. The Morgan fingerprint density at radius 2 is 2.00 bits per heavy atom. The van der Waals surface area contributed by atoms with E-state index < -0.39 is 12.0 Å². The van der Waals surface area contributed by atoms with Gasteiger partial charge in [0.1, 0.15) is 6.04 Å². The highest BCUT2D eigenvalue weighted by Gasteiger charge is 2.33. The van der Waals surface area contributed by atoms with Crippen molar-refractivity contribution in [3.8, 4) is 0 Å². The van der Waals surface area contributed by atoms with Gasteiger partial charge < -0.3 is 10.0 Å². The number of hydrogen-bond donors (Lipinski definition) is 1. The highest BCUT2D eigenvalue weighted by molar-refractivity contribution is 5.84. The van der Waals surface area contributed by atoms with E-state index in [1.807, 2.05) is 0 Å². The molecule has 0 aromatic carbocycles. The van der Waals surface area contributed by atoms with E-state index in [4.69, 9.17) is 5.11 Å². The molecule has 0 saturated carbocycles. The van der Waals surface area contributed by atoms with Crippen molar-refractivity contribution < 1.29 is 14.7 Å². The molecule has 1 fully saturated rings. The lowest BCUT2D eigenvalue weighted by atomic mass is 9.90. The molecule has 1 atom stereocenters. The Bertz CT molecular complexity index is 294. The van der Waals surface area contributed by atoms with E-state index in [0.717, 1.165) is 19.3 Å². The lowest BCUT2D eigenvalue weighted by Crippen LogP contribution is -2.40. The Morgan fingerprint density at radius 3 is 2.53 bits per heavy atom. The SMILES string of the molecule is CC(C)(C)CCCC(=O)N1CCC[C@@H]1C(=O)O. The van der Waals surface area contributed by atoms with Gasteiger partial charge in [-0.15, -0.1) is 0 Å². The van der Waals surface area contributed by atoms with Gasteiger partial charge in [0, 0.05) is 13.0 Å². The van der Waals surface area contributed by atoms with E-state index >= 15 is 0 Å². The van der Waals surface area contributed by atoms with Gasteiger partial charge in [-0.2, -0.15) is 0 Å². The van der Waals surface area contributed by atoms with Gasteiger partial charge in [-0.1, -0.05) is 20.8 Å². The van der Waals surface area contributed by atoms with Crippen molar-refractivity contribution in [2.24, 2.45) is 5.41 Å². The Kier molecular flexibility index (Phi) is 4.54. The molecule has 1 aliphatic rings. The maximum Gasteiger partial charge on any atom is 0.326 e. The van der Waals surface area contributed by atoms with E-state index in [9.17, 15) is 9.59 Å². The van der Waals surface area contributed by atoms with Gasteiger partial charge in [0.15, 0.2) is 0 Å². The van der Waals surface area contributed by atoms with Crippen molar-refractivity contribution in [1.29, 1.82) is 0 Å². The molecule has 0 spiro atoms. The zero-order chi connectivity index (χ0) is 13.1. The molecule has 17 heavy (non-hydrogen) atoms. The van der Waals surface area contributed by atoms with Crippen LogP contribution in [0.3, 0.4) is 0 Å². The molecule has 1 saturated heterocycles. The van der Waals surface area contributed by atoms with Crippen molar-refractivity contribution in [1.82, 2.24) is 4.90 Å². The number of carbonyl (C=O) groups excluding carboxylic acids is 1. The lowest BCUT2D eigenvalue weighted by Gasteiger charge is -2.23. The van der Waals surface area contributed by atoms with Crippen LogP contribution in [-0.2, 0) is 9.59 Å². The van der Waals surface area contributed by atoms with Crippen LogP contribution >= 0.6 is 0 Å². The summed E-state index contributed by atoms with van der Waals surface area (Å²) < 4.78 is 0. The summed E-state index contributed by atoms with van der Waals surface area (Å²) in [5.74, 6) is -0.870. The van der Waals surface area contributed by atoms with Crippen LogP contribution < -0.4 is 0 Å². The monoisotopic (exact) mass is 241 g/mol. The fraction of sp³-hybridized carbons (Fsp3) is 0.846. The molecular weight excluding hydrogens is 218 g/mol. The van der Waals surface area contributed by atoms with E-state index in [-0.39, 0.29) is 11.3 Å². The van der Waals surface area contributed by atoms with Gasteiger partial charge in [-0.05, 0) is 31.1 Å². The van der Waals surface area contributed by atoms with E-state index in [0.29, 0.717) is 19.4 Å². The minimum Gasteiger partial charge on any atom is -0.480 e. The first kappa shape index (κ1) is 14.0. The number of rotatable bonds is 4. The van der Waals surface area contributed by atoms with E-state index in [2.05, 4.69) is 20.8 Å². The topological polar surface area (TPSA) is 57.6 Å². The van der Waals surface area contributed by atoms with Gasteiger partial charge in [0.2, 0.25) is 5.91 Å². The molecule has 0 unspecified atom stereocenters. The molecular formula is C13H23NO3. The zero-order valence-corrected chi connectivity index (χ0v) is 11.0. The number of nitrogens with zero attached hydrogens (tertiary/aromatic N) is 1. The molecule has 1 N–H and O–H groups in total. The average Bonchev–Trinajstić information content (AvgIpc) is 2.63. The first-order valence-electron chi connectivity index (χ1n) is 6.33. The third-order valence-corrected chi connectivity index (χ3v) is 3.18. The van der Waals surface area contributed by atoms with Gasteiger partial charge in [-0.3, -0.25) is 4.79 Å².